The average molecular weight is 302 g/mol. The van der Waals surface area contributed by atoms with Crippen molar-refractivity contribution in [1.29, 1.82) is 0 Å². The highest BCUT2D eigenvalue weighted by Crippen LogP contribution is 2.18. The molecule has 0 aliphatic carbocycles. The van der Waals surface area contributed by atoms with E-state index in [1.54, 1.807) is 0 Å². The number of aromatic nitrogens is 3. The Bertz CT molecular complexity index is 415. The second-order valence-electron chi connectivity index (χ2n) is 4.54. The molecule has 0 radical (unpaired) electrons. The second kappa shape index (κ2) is 8.18. The summed E-state index contributed by atoms with van der Waals surface area (Å²) in [5, 5.41) is 11.8. The maximum absolute atomic E-state index is 8.60. The molecule has 0 saturated carbocycles. The van der Waals surface area contributed by atoms with Crippen LogP contribution < -0.4 is 10.2 Å². The van der Waals surface area contributed by atoms with Crippen LogP contribution in [0.2, 0.25) is 5.28 Å². The van der Waals surface area contributed by atoms with Gasteiger partial charge in [-0.15, -0.1) is 0 Å². The van der Waals surface area contributed by atoms with Gasteiger partial charge in [0.1, 0.15) is 0 Å². The van der Waals surface area contributed by atoms with Crippen LogP contribution in [0.1, 0.15) is 19.3 Å². The fourth-order valence-electron chi connectivity index (χ4n) is 2.06. The van der Waals surface area contributed by atoms with Crippen molar-refractivity contribution in [3.8, 4) is 0 Å². The van der Waals surface area contributed by atoms with E-state index in [1.807, 2.05) is 0 Å². The molecule has 0 aromatic carbocycles. The van der Waals surface area contributed by atoms with Crippen molar-refractivity contribution >= 4 is 23.5 Å². The molecule has 20 heavy (non-hydrogen) atoms. The van der Waals surface area contributed by atoms with E-state index in [2.05, 4.69) is 25.2 Å². The van der Waals surface area contributed by atoms with Crippen LogP contribution in [-0.2, 0) is 4.74 Å². The molecule has 8 heteroatoms. The van der Waals surface area contributed by atoms with E-state index in [4.69, 9.17) is 21.4 Å². The highest BCUT2D eigenvalue weighted by Gasteiger charge is 2.15. The molecule has 1 aromatic rings. The van der Waals surface area contributed by atoms with Crippen molar-refractivity contribution in [2.45, 2.75) is 19.3 Å². The first-order chi connectivity index (χ1) is 9.79. The molecule has 0 atom stereocenters. The van der Waals surface area contributed by atoms with E-state index in [1.165, 1.54) is 6.42 Å². The fraction of sp³-hybridized carbons (Fsp3) is 0.750. The molecule has 7 nitrogen and oxygen atoms in total. The Morgan fingerprint density at radius 2 is 1.95 bits per heavy atom. The Balaban J connectivity index is 1.90. The number of aliphatic hydroxyl groups excluding tert-OH is 1. The third kappa shape index (κ3) is 4.73. The summed E-state index contributed by atoms with van der Waals surface area (Å²) in [6, 6.07) is 0. The van der Waals surface area contributed by atoms with Crippen molar-refractivity contribution in [3.05, 3.63) is 5.28 Å². The minimum atomic E-state index is 0.0245. The van der Waals surface area contributed by atoms with Crippen molar-refractivity contribution in [3.63, 3.8) is 0 Å². The molecule has 0 bridgehead atoms. The number of hydrogen-bond acceptors (Lipinski definition) is 7. The molecule has 1 aliphatic rings. The summed E-state index contributed by atoms with van der Waals surface area (Å²) < 4.78 is 5.15. The van der Waals surface area contributed by atoms with Gasteiger partial charge in [-0.25, -0.2) is 0 Å². The Morgan fingerprint density at radius 1 is 1.15 bits per heavy atom. The third-order valence-electron chi connectivity index (χ3n) is 3.00. The number of aliphatic hydroxyl groups is 1. The standard InChI is InChI=1S/C12H20ClN5O2/c13-10-15-11(14-4-8-20-9-7-19)17-12(16-10)18-5-2-1-3-6-18/h19H,1-9H2,(H,14,15,16,17). The average Bonchev–Trinajstić information content (AvgIpc) is 2.47. The predicted octanol–water partition coefficient (Wildman–Crippen LogP) is 0.936. The molecule has 2 N–H and O–H groups in total. The van der Waals surface area contributed by atoms with Gasteiger partial charge < -0.3 is 20.1 Å². The third-order valence-corrected chi connectivity index (χ3v) is 3.17. The molecule has 0 amide bonds. The van der Waals surface area contributed by atoms with Crippen molar-refractivity contribution in [2.75, 3.05) is 49.7 Å². The maximum atomic E-state index is 8.60. The fourth-order valence-corrected chi connectivity index (χ4v) is 2.21. The van der Waals surface area contributed by atoms with Gasteiger partial charge in [-0.05, 0) is 30.9 Å². The summed E-state index contributed by atoms with van der Waals surface area (Å²) in [6.45, 7) is 3.30. The maximum Gasteiger partial charge on any atom is 0.231 e. The van der Waals surface area contributed by atoms with E-state index in [0.29, 0.717) is 31.7 Å². The SMILES string of the molecule is OCCOCCNc1nc(Cl)nc(N2CCCCC2)n1. The zero-order chi connectivity index (χ0) is 14.2. The zero-order valence-corrected chi connectivity index (χ0v) is 12.1. The van der Waals surface area contributed by atoms with Gasteiger partial charge in [-0.3, -0.25) is 0 Å². The first-order valence-electron chi connectivity index (χ1n) is 6.88. The molecule has 1 saturated heterocycles. The van der Waals surface area contributed by atoms with Gasteiger partial charge in [0.2, 0.25) is 17.2 Å². The lowest BCUT2D eigenvalue weighted by Gasteiger charge is -2.26. The number of piperidine rings is 1. The summed E-state index contributed by atoms with van der Waals surface area (Å²) in [5.41, 5.74) is 0. The summed E-state index contributed by atoms with van der Waals surface area (Å²) >= 11 is 5.94. The monoisotopic (exact) mass is 301 g/mol. The second-order valence-corrected chi connectivity index (χ2v) is 4.88. The number of ether oxygens (including phenoxy) is 1. The molecular formula is C12H20ClN5O2. The molecule has 1 aliphatic heterocycles. The van der Waals surface area contributed by atoms with Crippen LogP contribution >= 0.6 is 11.6 Å². The Labute approximate surface area is 123 Å². The molecular weight excluding hydrogens is 282 g/mol. The van der Waals surface area contributed by atoms with Crippen molar-refractivity contribution in [2.24, 2.45) is 0 Å². The number of nitrogens with one attached hydrogen (secondary N) is 1. The molecule has 0 spiro atoms. The van der Waals surface area contributed by atoms with E-state index in [9.17, 15) is 0 Å². The van der Waals surface area contributed by atoms with Crippen LogP contribution in [0.3, 0.4) is 0 Å². The topological polar surface area (TPSA) is 83.4 Å². The largest absolute Gasteiger partial charge is 0.394 e. The van der Waals surface area contributed by atoms with Gasteiger partial charge in [0.15, 0.2) is 0 Å². The Morgan fingerprint density at radius 3 is 2.70 bits per heavy atom. The number of anilines is 2. The van der Waals surface area contributed by atoms with Crippen LogP contribution in [0.15, 0.2) is 0 Å². The predicted molar refractivity (Wildman–Crippen MR) is 77.3 cm³/mol. The Hall–Kier alpha value is -1.18. The lowest BCUT2D eigenvalue weighted by atomic mass is 10.1. The van der Waals surface area contributed by atoms with Crippen LogP contribution in [0.4, 0.5) is 11.9 Å². The molecule has 0 unspecified atom stereocenters. The normalized spacial score (nSPS) is 15.4. The number of nitrogens with zero attached hydrogens (tertiary/aromatic N) is 4. The zero-order valence-electron chi connectivity index (χ0n) is 11.4. The van der Waals surface area contributed by atoms with Gasteiger partial charge in [0.25, 0.3) is 0 Å². The van der Waals surface area contributed by atoms with Crippen LogP contribution in [0, 0.1) is 0 Å². The molecule has 1 fully saturated rings. The lowest BCUT2D eigenvalue weighted by molar-refractivity contribution is 0.0991. The summed E-state index contributed by atoms with van der Waals surface area (Å²) in [7, 11) is 0. The van der Waals surface area contributed by atoms with E-state index < -0.39 is 0 Å². The van der Waals surface area contributed by atoms with Gasteiger partial charge in [0.05, 0.1) is 19.8 Å². The number of hydrogen-bond donors (Lipinski definition) is 2. The first kappa shape index (κ1) is 15.2. The van der Waals surface area contributed by atoms with Gasteiger partial charge >= 0.3 is 0 Å². The molecule has 2 rings (SSSR count). The first-order valence-corrected chi connectivity index (χ1v) is 7.26. The van der Waals surface area contributed by atoms with Gasteiger partial charge in [-0.2, -0.15) is 15.0 Å². The molecule has 2 heterocycles. The summed E-state index contributed by atoms with van der Waals surface area (Å²) in [4.78, 5) is 14.7. The van der Waals surface area contributed by atoms with E-state index >= 15 is 0 Å². The van der Waals surface area contributed by atoms with E-state index in [0.717, 1.165) is 25.9 Å². The van der Waals surface area contributed by atoms with Crippen LogP contribution in [-0.4, -0.2) is 59.5 Å². The van der Waals surface area contributed by atoms with E-state index in [-0.39, 0.29) is 11.9 Å². The van der Waals surface area contributed by atoms with Gasteiger partial charge in [-0.1, -0.05) is 0 Å². The summed E-state index contributed by atoms with van der Waals surface area (Å²) in [6.07, 6.45) is 3.56. The quantitative estimate of drug-likeness (QED) is 0.725. The number of halogens is 1. The van der Waals surface area contributed by atoms with Crippen LogP contribution in [0.25, 0.3) is 0 Å². The van der Waals surface area contributed by atoms with Gasteiger partial charge in [0, 0.05) is 19.6 Å². The molecule has 1 aromatic heterocycles. The summed E-state index contributed by atoms with van der Waals surface area (Å²) in [5.74, 6) is 1.08. The lowest BCUT2D eigenvalue weighted by Crippen LogP contribution is -2.31. The van der Waals surface area contributed by atoms with Crippen molar-refractivity contribution < 1.29 is 9.84 Å². The van der Waals surface area contributed by atoms with Crippen LogP contribution in [0.5, 0.6) is 0 Å². The minimum absolute atomic E-state index is 0.0245. The number of rotatable bonds is 7. The molecule has 112 valence electrons. The van der Waals surface area contributed by atoms with Crippen molar-refractivity contribution in [1.82, 2.24) is 15.0 Å². The minimum Gasteiger partial charge on any atom is -0.394 e. The smallest absolute Gasteiger partial charge is 0.231 e. The highest BCUT2D eigenvalue weighted by atomic mass is 35.5. The Kier molecular flexibility index (Phi) is 6.23. The highest BCUT2D eigenvalue weighted by molar-refractivity contribution is 6.28.